The molecule has 0 aliphatic carbocycles. The Balaban J connectivity index is 1.94. The van der Waals surface area contributed by atoms with E-state index in [-0.39, 0.29) is 23.5 Å². The number of rotatable bonds is 2. The van der Waals surface area contributed by atoms with Crippen molar-refractivity contribution in [1.29, 1.82) is 0 Å². The lowest BCUT2D eigenvalue weighted by Crippen LogP contribution is -2.35. The van der Waals surface area contributed by atoms with E-state index in [1.165, 1.54) is 0 Å². The lowest BCUT2D eigenvalue weighted by atomic mass is 10.1. The molecule has 0 bridgehead atoms. The van der Waals surface area contributed by atoms with E-state index in [4.69, 9.17) is 0 Å². The zero-order valence-electron chi connectivity index (χ0n) is 12.1. The number of sulfone groups is 1. The van der Waals surface area contributed by atoms with Gasteiger partial charge in [-0.25, -0.2) is 8.42 Å². The molecule has 1 aliphatic rings. The molecule has 1 N–H and O–H groups in total. The molecule has 1 unspecified atom stereocenters. The minimum absolute atomic E-state index is 0.0442. The van der Waals surface area contributed by atoms with Gasteiger partial charge in [-0.3, -0.25) is 4.79 Å². The maximum absolute atomic E-state index is 12.5. The molecule has 3 rings (SSSR count). The molecule has 1 fully saturated rings. The van der Waals surface area contributed by atoms with E-state index in [9.17, 15) is 13.2 Å². The molecule has 6 heteroatoms. The van der Waals surface area contributed by atoms with E-state index in [1.807, 2.05) is 42.8 Å². The summed E-state index contributed by atoms with van der Waals surface area (Å²) in [6.45, 7) is 1.90. The van der Waals surface area contributed by atoms with E-state index in [0.717, 1.165) is 16.6 Å². The minimum atomic E-state index is -2.99. The van der Waals surface area contributed by atoms with Gasteiger partial charge in [-0.15, -0.1) is 0 Å². The van der Waals surface area contributed by atoms with Gasteiger partial charge in [-0.2, -0.15) is 0 Å². The summed E-state index contributed by atoms with van der Waals surface area (Å²) in [4.78, 5) is 12.5. The van der Waals surface area contributed by atoms with Crippen LogP contribution in [0.25, 0.3) is 10.9 Å². The summed E-state index contributed by atoms with van der Waals surface area (Å²) >= 11 is 0. The molecule has 1 saturated heterocycles. The van der Waals surface area contributed by atoms with Gasteiger partial charge in [0.05, 0.1) is 17.1 Å². The highest BCUT2D eigenvalue weighted by atomic mass is 32.2. The highest BCUT2D eigenvalue weighted by Gasteiger charge is 2.30. The van der Waals surface area contributed by atoms with Crippen molar-refractivity contribution in [3.05, 3.63) is 35.5 Å². The lowest BCUT2D eigenvalue weighted by molar-refractivity contribution is 0.0942. The van der Waals surface area contributed by atoms with Crippen LogP contribution in [0.2, 0.25) is 0 Å². The Labute approximate surface area is 123 Å². The SMILES string of the molecule is Cc1c(C(=O)NC2CCS(=O)(=O)C2)c2ccccc2n1C. The Morgan fingerprint density at radius 3 is 2.71 bits per heavy atom. The highest BCUT2D eigenvalue weighted by Crippen LogP contribution is 2.25. The predicted molar refractivity (Wildman–Crippen MR) is 82.2 cm³/mol. The third kappa shape index (κ3) is 2.44. The third-order valence-electron chi connectivity index (χ3n) is 4.19. The van der Waals surface area contributed by atoms with Crippen LogP contribution in [0.3, 0.4) is 0 Å². The van der Waals surface area contributed by atoms with Gasteiger partial charge in [0, 0.05) is 29.7 Å². The second kappa shape index (κ2) is 4.87. The number of aryl methyl sites for hydroxylation is 1. The van der Waals surface area contributed by atoms with Gasteiger partial charge in [-0.05, 0) is 19.4 Å². The number of nitrogens with one attached hydrogen (secondary N) is 1. The molecule has 2 aromatic rings. The standard InChI is InChI=1S/C15H18N2O3S/c1-10-14(12-5-3-4-6-13(12)17(10)2)15(18)16-11-7-8-21(19,20)9-11/h3-6,11H,7-9H2,1-2H3,(H,16,18). The van der Waals surface area contributed by atoms with Crippen molar-refractivity contribution in [2.75, 3.05) is 11.5 Å². The fourth-order valence-corrected chi connectivity index (χ4v) is 4.65. The monoisotopic (exact) mass is 306 g/mol. The number of carbonyl (C=O) groups excluding carboxylic acids is 1. The molecular formula is C15H18N2O3S. The van der Waals surface area contributed by atoms with Gasteiger partial charge < -0.3 is 9.88 Å². The first-order valence-corrected chi connectivity index (χ1v) is 8.76. The van der Waals surface area contributed by atoms with Crippen molar-refractivity contribution < 1.29 is 13.2 Å². The second-order valence-electron chi connectivity index (χ2n) is 5.61. The molecule has 0 saturated carbocycles. The summed E-state index contributed by atoms with van der Waals surface area (Å²) in [6.07, 6.45) is 0.498. The van der Waals surface area contributed by atoms with Crippen LogP contribution in [-0.4, -0.2) is 36.4 Å². The van der Waals surface area contributed by atoms with E-state index < -0.39 is 9.84 Å². The van der Waals surface area contributed by atoms with E-state index >= 15 is 0 Å². The first-order chi connectivity index (χ1) is 9.89. The molecule has 1 atom stereocenters. The number of aromatic nitrogens is 1. The topological polar surface area (TPSA) is 68.2 Å². The maximum atomic E-state index is 12.5. The molecule has 1 aliphatic heterocycles. The van der Waals surface area contributed by atoms with Crippen molar-refractivity contribution in [3.63, 3.8) is 0 Å². The smallest absolute Gasteiger partial charge is 0.253 e. The summed E-state index contributed by atoms with van der Waals surface area (Å²) in [5.74, 6) is 0.0149. The Hall–Kier alpha value is -1.82. The van der Waals surface area contributed by atoms with Crippen LogP contribution >= 0.6 is 0 Å². The highest BCUT2D eigenvalue weighted by molar-refractivity contribution is 7.91. The molecule has 2 heterocycles. The zero-order valence-corrected chi connectivity index (χ0v) is 12.9. The number of para-hydroxylation sites is 1. The average Bonchev–Trinajstić information content (AvgIpc) is 2.89. The van der Waals surface area contributed by atoms with Crippen molar-refractivity contribution >= 4 is 26.6 Å². The first-order valence-electron chi connectivity index (χ1n) is 6.94. The number of hydrogen-bond acceptors (Lipinski definition) is 3. The number of amides is 1. The summed E-state index contributed by atoms with van der Waals surface area (Å²) in [7, 11) is -1.07. The van der Waals surface area contributed by atoms with E-state index in [1.54, 1.807) is 0 Å². The lowest BCUT2D eigenvalue weighted by Gasteiger charge is -2.11. The fraction of sp³-hybridized carbons (Fsp3) is 0.400. The second-order valence-corrected chi connectivity index (χ2v) is 7.84. The molecule has 1 aromatic heterocycles. The van der Waals surface area contributed by atoms with Crippen LogP contribution in [0.4, 0.5) is 0 Å². The molecule has 112 valence electrons. The van der Waals surface area contributed by atoms with Crippen LogP contribution in [-0.2, 0) is 16.9 Å². The van der Waals surface area contributed by atoms with Crippen molar-refractivity contribution in [2.24, 2.45) is 7.05 Å². The number of hydrogen-bond donors (Lipinski definition) is 1. The summed E-state index contributed by atoms with van der Waals surface area (Å²) in [6, 6.07) is 7.45. The van der Waals surface area contributed by atoms with Crippen LogP contribution in [0, 0.1) is 6.92 Å². The molecular weight excluding hydrogens is 288 g/mol. The fourth-order valence-electron chi connectivity index (χ4n) is 2.97. The Morgan fingerprint density at radius 2 is 2.05 bits per heavy atom. The van der Waals surface area contributed by atoms with Crippen LogP contribution in [0.15, 0.2) is 24.3 Å². The first kappa shape index (κ1) is 14.1. The van der Waals surface area contributed by atoms with Crippen molar-refractivity contribution in [3.8, 4) is 0 Å². The van der Waals surface area contributed by atoms with Crippen molar-refractivity contribution in [2.45, 2.75) is 19.4 Å². The van der Waals surface area contributed by atoms with Crippen LogP contribution in [0.5, 0.6) is 0 Å². The molecule has 0 spiro atoms. The Bertz CT molecular complexity index is 821. The number of fused-ring (bicyclic) bond motifs is 1. The number of carbonyl (C=O) groups is 1. The third-order valence-corrected chi connectivity index (χ3v) is 5.96. The van der Waals surface area contributed by atoms with Gasteiger partial charge in [-0.1, -0.05) is 18.2 Å². The van der Waals surface area contributed by atoms with Gasteiger partial charge in [0.1, 0.15) is 0 Å². The normalized spacial score (nSPS) is 20.8. The molecule has 1 aromatic carbocycles. The molecule has 1 amide bonds. The summed E-state index contributed by atoms with van der Waals surface area (Å²) < 4.78 is 25.0. The zero-order chi connectivity index (χ0) is 15.2. The quantitative estimate of drug-likeness (QED) is 0.912. The summed E-state index contributed by atoms with van der Waals surface area (Å²) in [5.41, 5.74) is 2.52. The van der Waals surface area contributed by atoms with E-state index in [0.29, 0.717) is 12.0 Å². The van der Waals surface area contributed by atoms with E-state index in [2.05, 4.69) is 5.32 Å². The van der Waals surface area contributed by atoms with Crippen LogP contribution < -0.4 is 5.32 Å². The Morgan fingerprint density at radius 1 is 1.33 bits per heavy atom. The Kier molecular flexibility index (Phi) is 3.28. The number of nitrogens with zero attached hydrogens (tertiary/aromatic N) is 1. The van der Waals surface area contributed by atoms with Gasteiger partial charge in [0.15, 0.2) is 9.84 Å². The van der Waals surface area contributed by atoms with Crippen LogP contribution in [0.1, 0.15) is 22.5 Å². The predicted octanol–water partition coefficient (Wildman–Crippen LogP) is 1.40. The van der Waals surface area contributed by atoms with Gasteiger partial charge in [0.25, 0.3) is 5.91 Å². The average molecular weight is 306 g/mol. The van der Waals surface area contributed by atoms with Crippen molar-refractivity contribution in [1.82, 2.24) is 9.88 Å². The molecule has 5 nitrogen and oxygen atoms in total. The largest absolute Gasteiger partial charge is 0.348 e. The maximum Gasteiger partial charge on any atom is 0.253 e. The van der Waals surface area contributed by atoms with Gasteiger partial charge >= 0.3 is 0 Å². The minimum Gasteiger partial charge on any atom is -0.348 e. The number of benzene rings is 1. The summed E-state index contributed by atoms with van der Waals surface area (Å²) in [5, 5.41) is 3.76. The van der Waals surface area contributed by atoms with Gasteiger partial charge in [0.2, 0.25) is 0 Å². The molecule has 21 heavy (non-hydrogen) atoms. The molecule has 0 radical (unpaired) electrons.